The predicted octanol–water partition coefficient (Wildman–Crippen LogP) is 2.37. The Bertz CT molecular complexity index is 250. The van der Waals surface area contributed by atoms with Crippen LogP contribution in [0.15, 0.2) is 0 Å². The number of rotatable bonds is 4. The largest absolute Gasteiger partial charge is 0.428 e. The van der Waals surface area contributed by atoms with Crippen molar-refractivity contribution in [1.29, 1.82) is 0 Å². The topological polar surface area (TPSA) is 52.6 Å². The maximum Gasteiger partial charge on any atom is 0.314 e. The van der Waals surface area contributed by atoms with E-state index in [1.54, 1.807) is 27.7 Å². The summed E-state index contributed by atoms with van der Waals surface area (Å²) in [6, 6.07) is 0. The van der Waals surface area contributed by atoms with Gasteiger partial charge in [-0.3, -0.25) is 9.59 Å². The van der Waals surface area contributed by atoms with Gasteiger partial charge in [-0.15, -0.1) is 0 Å². The minimum absolute atomic E-state index is 0.187. The number of ether oxygens (including phenoxy) is 2. The summed E-state index contributed by atoms with van der Waals surface area (Å²) in [5.74, 6) is -0.687. The molecule has 0 aliphatic carbocycles. The maximum atomic E-state index is 11.4. The Kier molecular flexibility index (Phi) is 5.48. The van der Waals surface area contributed by atoms with Crippen LogP contribution in [-0.4, -0.2) is 18.7 Å². The fraction of sp³-hybridized carbons (Fsp3) is 0.833. The van der Waals surface area contributed by atoms with Gasteiger partial charge in [-0.2, -0.15) is 0 Å². The Balaban J connectivity index is 3.92. The molecular formula is C12H22O4. The highest BCUT2D eigenvalue weighted by atomic mass is 16.7. The van der Waals surface area contributed by atoms with Crippen molar-refractivity contribution in [3.05, 3.63) is 0 Å². The molecule has 0 aromatic carbocycles. The molecule has 4 heteroatoms. The molecule has 1 atom stereocenters. The van der Waals surface area contributed by atoms with Crippen molar-refractivity contribution in [2.45, 2.75) is 41.5 Å². The lowest BCUT2D eigenvalue weighted by molar-refractivity contribution is -0.175. The van der Waals surface area contributed by atoms with Crippen molar-refractivity contribution in [3.8, 4) is 0 Å². The smallest absolute Gasteiger partial charge is 0.314 e. The fourth-order valence-corrected chi connectivity index (χ4v) is 0.761. The van der Waals surface area contributed by atoms with Gasteiger partial charge in [0.05, 0.1) is 11.3 Å². The highest BCUT2D eigenvalue weighted by Gasteiger charge is 2.24. The summed E-state index contributed by atoms with van der Waals surface area (Å²) in [5, 5.41) is 0. The minimum Gasteiger partial charge on any atom is -0.428 e. The Hall–Kier alpha value is -1.06. The van der Waals surface area contributed by atoms with E-state index in [9.17, 15) is 9.59 Å². The molecule has 0 amide bonds. The summed E-state index contributed by atoms with van der Waals surface area (Å²) in [6.07, 6.45) is 0. The second kappa shape index (κ2) is 5.87. The van der Waals surface area contributed by atoms with Crippen LogP contribution in [0.2, 0.25) is 0 Å². The van der Waals surface area contributed by atoms with E-state index in [1.807, 2.05) is 13.8 Å². The van der Waals surface area contributed by atoms with Crippen molar-refractivity contribution in [1.82, 2.24) is 0 Å². The first-order valence-electron chi connectivity index (χ1n) is 5.50. The zero-order chi connectivity index (χ0) is 12.9. The highest BCUT2D eigenvalue weighted by Crippen LogP contribution is 2.15. The molecule has 0 aromatic rings. The first-order valence-corrected chi connectivity index (χ1v) is 5.50. The fourth-order valence-electron chi connectivity index (χ4n) is 0.761. The van der Waals surface area contributed by atoms with Gasteiger partial charge in [-0.25, -0.2) is 0 Å². The van der Waals surface area contributed by atoms with Crippen LogP contribution in [0.3, 0.4) is 0 Å². The summed E-state index contributed by atoms with van der Waals surface area (Å²) in [7, 11) is 0. The van der Waals surface area contributed by atoms with Crippen molar-refractivity contribution >= 4 is 11.9 Å². The SMILES string of the molecule is CC(C)C(C)C(=O)OCOC(=O)C(C)(C)C. The van der Waals surface area contributed by atoms with Gasteiger partial charge in [0.1, 0.15) is 0 Å². The summed E-state index contributed by atoms with van der Waals surface area (Å²) in [6.45, 7) is 10.6. The van der Waals surface area contributed by atoms with Crippen LogP contribution >= 0.6 is 0 Å². The van der Waals surface area contributed by atoms with Crippen molar-refractivity contribution in [3.63, 3.8) is 0 Å². The molecule has 0 bridgehead atoms. The lowest BCUT2D eigenvalue weighted by atomic mass is 9.98. The summed E-state index contributed by atoms with van der Waals surface area (Å²) >= 11 is 0. The molecule has 0 spiro atoms. The van der Waals surface area contributed by atoms with E-state index in [-0.39, 0.29) is 30.6 Å². The first-order chi connectivity index (χ1) is 7.16. The van der Waals surface area contributed by atoms with Gasteiger partial charge >= 0.3 is 11.9 Å². The Morgan fingerprint density at radius 3 is 1.94 bits per heavy atom. The lowest BCUT2D eigenvalue weighted by Crippen LogP contribution is -2.26. The van der Waals surface area contributed by atoms with Crippen molar-refractivity contribution in [2.24, 2.45) is 17.3 Å². The van der Waals surface area contributed by atoms with Crippen LogP contribution in [0.25, 0.3) is 0 Å². The van der Waals surface area contributed by atoms with Crippen LogP contribution < -0.4 is 0 Å². The zero-order valence-corrected chi connectivity index (χ0v) is 11.0. The Morgan fingerprint density at radius 2 is 1.56 bits per heavy atom. The predicted molar refractivity (Wildman–Crippen MR) is 60.5 cm³/mol. The summed E-state index contributed by atoms with van der Waals surface area (Å²) in [5.41, 5.74) is -0.573. The van der Waals surface area contributed by atoms with E-state index >= 15 is 0 Å². The number of esters is 2. The molecular weight excluding hydrogens is 208 g/mol. The van der Waals surface area contributed by atoms with Crippen molar-refractivity contribution in [2.75, 3.05) is 6.79 Å². The Labute approximate surface area is 97.3 Å². The van der Waals surface area contributed by atoms with E-state index < -0.39 is 5.41 Å². The van der Waals surface area contributed by atoms with E-state index in [1.165, 1.54) is 0 Å². The van der Waals surface area contributed by atoms with Gasteiger partial charge in [0.2, 0.25) is 6.79 Å². The molecule has 16 heavy (non-hydrogen) atoms. The van der Waals surface area contributed by atoms with E-state index in [0.29, 0.717) is 0 Å². The summed E-state index contributed by atoms with van der Waals surface area (Å²) < 4.78 is 9.67. The lowest BCUT2D eigenvalue weighted by Gasteiger charge is -2.18. The van der Waals surface area contributed by atoms with Crippen LogP contribution in [0.4, 0.5) is 0 Å². The third kappa shape index (κ3) is 5.14. The molecule has 0 saturated heterocycles. The maximum absolute atomic E-state index is 11.4. The zero-order valence-electron chi connectivity index (χ0n) is 11.0. The van der Waals surface area contributed by atoms with E-state index in [0.717, 1.165) is 0 Å². The monoisotopic (exact) mass is 230 g/mol. The first kappa shape index (κ1) is 14.9. The molecule has 0 heterocycles. The number of carbonyl (C=O) groups is 2. The molecule has 0 saturated carbocycles. The quantitative estimate of drug-likeness (QED) is 0.549. The molecule has 1 unspecified atom stereocenters. The van der Waals surface area contributed by atoms with Crippen LogP contribution in [0.1, 0.15) is 41.5 Å². The molecule has 94 valence electrons. The molecule has 0 fully saturated rings. The van der Waals surface area contributed by atoms with E-state index in [4.69, 9.17) is 9.47 Å². The number of hydrogen-bond donors (Lipinski definition) is 0. The minimum atomic E-state index is -0.573. The average Bonchev–Trinajstić information content (AvgIpc) is 2.14. The molecule has 0 rings (SSSR count). The normalized spacial score (nSPS) is 13.4. The van der Waals surface area contributed by atoms with Gasteiger partial charge in [0, 0.05) is 0 Å². The molecule has 0 aliphatic heterocycles. The molecule has 4 nitrogen and oxygen atoms in total. The Morgan fingerprint density at radius 1 is 1.06 bits per heavy atom. The van der Waals surface area contributed by atoms with Gasteiger partial charge in [-0.1, -0.05) is 20.8 Å². The van der Waals surface area contributed by atoms with Gasteiger partial charge in [0.15, 0.2) is 0 Å². The second-order valence-corrected chi connectivity index (χ2v) is 5.30. The van der Waals surface area contributed by atoms with Gasteiger partial charge < -0.3 is 9.47 Å². The van der Waals surface area contributed by atoms with E-state index in [2.05, 4.69) is 0 Å². The van der Waals surface area contributed by atoms with Crippen LogP contribution in [0.5, 0.6) is 0 Å². The molecule has 0 radical (unpaired) electrons. The third-order valence-corrected chi connectivity index (χ3v) is 2.38. The van der Waals surface area contributed by atoms with Crippen LogP contribution in [-0.2, 0) is 19.1 Å². The van der Waals surface area contributed by atoms with Crippen LogP contribution in [0, 0.1) is 17.3 Å². The average molecular weight is 230 g/mol. The number of carbonyl (C=O) groups excluding carboxylic acids is 2. The summed E-state index contributed by atoms with van der Waals surface area (Å²) in [4.78, 5) is 22.7. The van der Waals surface area contributed by atoms with Crippen molar-refractivity contribution < 1.29 is 19.1 Å². The highest BCUT2D eigenvalue weighted by molar-refractivity contribution is 5.75. The standard InChI is InChI=1S/C12H22O4/c1-8(2)9(3)10(13)15-7-16-11(14)12(4,5)6/h8-9H,7H2,1-6H3. The molecule has 0 aromatic heterocycles. The molecule has 0 aliphatic rings. The van der Waals surface area contributed by atoms with Gasteiger partial charge in [-0.05, 0) is 26.7 Å². The molecule has 0 N–H and O–H groups in total. The van der Waals surface area contributed by atoms with Gasteiger partial charge in [0.25, 0.3) is 0 Å². The second-order valence-electron chi connectivity index (χ2n) is 5.30. The third-order valence-electron chi connectivity index (χ3n) is 2.38. The number of hydrogen-bond acceptors (Lipinski definition) is 4.